The van der Waals surface area contributed by atoms with Gasteiger partial charge in [0.05, 0.1) is 12.1 Å². The molecular formula is C45H71CoCrN2O8-. The third-order valence-corrected chi connectivity index (χ3v) is 9.86. The second-order valence-corrected chi connectivity index (χ2v) is 18.8. The molecule has 12 heteroatoms. The van der Waals surface area contributed by atoms with Crippen molar-refractivity contribution in [3.8, 4) is 11.5 Å². The third-order valence-electron chi connectivity index (χ3n) is 9.86. The van der Waals surface area contributed by atoms with E-state index in [9.17, 15) is 10.2 Å². The average Bonchev–Trinajstić information content (AvgIpc) is 3.87. The molecule has 3 N–H and O–H groups in total. The van der Waals surface area contributed by atoms with Crippen LogP contribution in [0.5, 0.6) is 11.5 Å². The summed E-state index contributed by atoms with van der Waals surface area (Å²) in [6, 6.07) is 8.53. The molecule has 5 rings (SSSR count). The summed E-state index contributed by atoms with van der Waals surface area (Å²) in [4.78, 5) is 21.9. The molecule has 10 nitrogen and oxygen atoms in total. The summed E-state index contributed by atoms with van der Waals surface area (Å²) in [5.41, 5.74) is 5.39. The van der Waals surface area contributed by atoms with Gasteiger partial charge in [-0.05, 0) is 89.9 Å². The fourth-order valence-corrected chi connectivity index (χ4v) is 6.35. The number of rotatable bonds is 6. The van der Waals surface area contributed by atoms with E-state index in [0.717, 1.165) is 80.8 Å². The van der Waals surface area contributed by atoms with Crippen LogP contribution in [0.4, 0.5) is 0 Å². The van der Waals surface area contributed by atoms with Crippen LogP contribution >= 0.6 is 0 Å². The predicted octanol–water partition coefficient (Wildman–Crippen LogP) is 10.2. The first-order valence-electron chi connectivity index (χ1n) is 19.9. The summed E-state index contributed by atoms with van der Waals surface area (Å²) in [6.45, 7) is 30.8. The Balaban J connectivity index is 0.00000153. The van der Waals surface area contributed by atoms with E-state index in [-0.39, 0.29) is 67.9 Å². The van der Waals surface area contributed by atoms with E-state index in [4.69, 9.17) is 29.5 Å². The molecule has 3 fully saturated rings. The monoisotopic (exact) mass is 878 g/mol. The fourth-order valence-electron chi connectivity index (χ4n) is 6.35. The van der Waals surface area contributed by atoms with Crippen LogP contribution in [-0.4, -0.2) is 72.9 Å². The first kappa shape index (κ1) is 54.7. The zero-order valence-corrected chi connectivity index (χ0v) is 38.9. The van der Waals surface area contributed by atoms with Crippen molar-refractivity contribution < 1.29 is 73.8 Å². The summed E-state index contributed by atoms with van der Waals surface area (Å²) in [7, 11) is 0. The maximum Gasteiger partial charge on any atom is 0.128 e. The molecule has 2 aromatic rings. The van der Waals surface area contributed by atoms with Crippen molar-refractivity contribution in [3.63, 3.8) is 0 Å². The number of carbonyl (C=O) groups excluding carboxylic acids is 1. The van der Waals surface area contributed by atoms with E-state index in [1.807, 2.05) is 12.4 Å². The second-order valence-electron chi connectivity index (χ2n) is 18.8. The third kappa shape index (κ3) is 19.1. The first-order chi connectivity index (χ1) is 25.6. The van der Waals surface area contributed by atoms with Gasteiger partial charge in [-0.2, -0.15) is 0 Å². The van der Waals surface area contributed by atoms with Crippen LogP contribution in [0.1, 0.15) is 168 Å². The summed E-state index contributed by atoms with van der Waals surface area (Å²) >= 11 is 0. The Morgan fingerprint density at radius 3 is 1.16 bits per heavy atom. The van der Waals surface area contributed by atoms with Gasteiger partial charge in [0.25, 0.3) is 0 Å². The first-order valence-corrected chi connectivity index (χ1v) is 19.9. The van der Waals surface area contributed by atoms with Crippen LogP contribution in [0.25, 0.3) is 0 Å². The molecule has 0 bridgehead atoms. The number of phenols is 2. The van der Waals surface area contributed by atoms with Crippen molar-refractivity contribution in [2.24, 2.45) is 9.98 Å². The minimum absolute atomic E-state index is 0. The van der Waals surface area contributed by atoms with Gasteiger partial charge in [0, 0.05) is 95.3 Å². The quantitative estimate of drug-likeness (QED) is 0.113. The van der Waals surface area contributed by atoms with Gasteiger partial charge in [-0.1, -0.05) is 113 Å². The molecule has 325 valence electrons. The van der Waals surface area contributed by atoms with Crippen LogP contribution in [0, 0.1) is 0 Å². The number of hydrogen-bond acceptors (Lipinski definition) is 10. The van der Waals surface area contributed by atoms with Gasteiger partial charge in [0.15, 0.2) is 0 Å². The van der Waals surface area contributed by atoms with Gasteiger partial charge in [-0.25, -0.2) is 5.26 Å². The second kappa shape index (κ2) is 25.4. The van der Waals surface area contributed by atoms with Crippen molar-refractivity contribution in [1.82, 2.24) is 0 Å². The van der Waals surface area contributed by atoms with Crippen LogP contribution in [0.15, 0.2) is 34.3 Å². The molecule has 1 aliphatic carbocycles. The predicted molar refractivity (Wildman–Crippen MR) is 223 cm³/mol. The van der Waals surface area contributed by atoms with Crippen LogP contribution < -0.4 is 0 Å². The molecule has 3 aliphatic rings. The van der Waals surface area contributed by atoms with Crippen molar-refractivity contribution in [3.05, 3.63) is 57.6 Å². The minimum atomic E-state index is -0.179. The van der Waals surface area contributed by atoms with E-state index in [1.165, 1.54) is 36.8 Å². The van der Waals surface area contributed by atoms with E-state index in [2.05, 4.69) is 117 Å². The standard InChI is InChI=1S/C36H54N2O2.2C4H8O.CHO4.Co.Cr/c1-33(2,3)25-17-23(31(39)27(19-25)35(7,8)9)21-37-29-15-13-14-16-30(29)38-22-24-18-26(34(4,5)6)20-28(32(24)40)36(10,11)12;2*1-2-4-5-3-1;2-1-4-5-3;;/h17-22,29-30,39-40H,13-16H2,1-12H3;2*1-4H2;3H;;/q;;;-1;;. The van der Waals surface area contributed by atoms with Gasteiger partial charge >= 0.3 is 0 Å². The molecule has 57 heavy (non-hydrogen) atoms. The maximum absolute atomic E-state index is 11.2. The fraction of sp³-hybridized carbons (Fsp3) is 0.667. The average molecular weight is 879 g/mol. The zero-order valence-electron chi connectivity index (χ0n) is 36.6. The Morgan fingerprint density at radius 2 is 0.947 bits per heavy atom. The molecule has 2 aromatic carbocycles. The number of benzene rings is 2. The van der Waals surface area contributed by atoms with Gasteiger partial charge in [0.2, 0.25) is 0 Å². The summed E-state index contributed by atoms with van der Waals surface area (Å²) in [5, 5.41) is 32.3. The summed E-state index contributed by atoms with van der Waals surface area (Å²) in [5.74, 6) is 0.637. The Bertz CT molecular complexity index is 1410. The molecule has 0 amide bonds. The van der Waals surface area contributed by atoms with Gasteiger partial charge in [0.1, 0.15) is 11.5 Å². The van der Waals surface area contributed by atoms with Crippen molar-refractivity contribution in [2.75, 3.05) is 26.4 Å². The largest absolute Gasteiger partial charge is 0.507 e. The normalized spacial score (nSPS) is 18.5. The van der Waals surface area contributed by atoms with Crippen LogP contribution in [0.2, 0.25) is 0 Å². The number of nitrogens with zero attached hydrogens (tertiary/aromatic N) is 2. The SMILES string of the molecule is C1CCOC1.C1CCOC1.CC(C)(C)c1cc(C=NC2CCCCC2N=Cc2cc(C(C)(C)C)cc(C(C)(C)C)c2O)c(O)c(C(C)(C)C)c1.O=[C-]OOO.[Co].[Cr]. The number of hydrogen-bond donors (Lipinski definition) is 3. The molecule has 1 saturated carbocycles. The molecule has 2 heterocycles. The minimum Gasteiger partial charge on any atom is -0.507 e. The maximum atomic E-state index is 11.2. The zero-order chi connectivity index (χ0) is 41.5. The van der Waals surface area contributed by atoms with Crippen molar-refractivity contribution in [1.29, 1.82) is 0 Å². The van der Waals surface area contributed by atoms with E-state index < -0.39 is 0 Å². The Morgan fingerprint density at radius 1 is 0.614 bits per heavy atom. The Hall–Kier alpha value is -2.27. The van der Waals surface area contributed by atoms with Crippen molar-refractivity contribution in [2.45, 2.75) is 168 Å². The van der Waals surface area contributed by atoms with E-state index in [1.54, 1.807) is 0 Å². The molecule has 2 aliphatic heterocycles. The molecule has 2 saturated heterocycles. The summed E-state index contributed by atoms with van der Waals surface area (Å²) in [6.07, 6.45) is 13.0. The van der Waals surface area contributed by atoms with E-state index >= 15 is 0 Å². The van der Waals surface area contributed by atoms with Gasteiger partial charge in [-0.15, -0.1) is 0 Å². The molecule has 2 atom stereocenters. The molecule has 0 spiro atoms. The number of aliphatic imine (C=N–C) groups is 2. The van der Waals surface area contributed by atoms with Gasteiger partial charge < -0.3 is 29.4 Å². The molecule has 1 radical (unpaired) electrons. The van der Waals surface area contributed by atoms with Gasteiger partial charge in [-0.3, -0.25) is 9.98 Å². The smallest absolute Gasteiger partial charge is 0.128 e. The molecular weight excluding hydrogens is 807 g/mol. The van der Waals surface area contributed by atoms with Crippen molar-refractivity contribution >= 4 is 18.9 Å². The topological polar surface area (TPSA) is 139 Å². The number of aromatic hydroxyl groups is 2. The Kier molecular flexibility index (Phi) is 24.4. The molecule has 0 aromatic heterocycles. The summed E-state index contributed by atoms with van der Waals surface area (Å²) < 4.78 is 9.89. The number of phenolic OH excluding ortho intramolecular Hbond substituents is 2. The number of ether oxygens (including phenoxy) is 2. The molecule has 2 unspecified atom stereocenters. The van der Waals surface area contributed by atoms with Crippen LogP contribution in [-0.2, 0) is 80.0 Å². The Labute approximate surface area is 364 Å². The van der Waals surface area contributed by atoms with E-state index in [0.29, 0.717) is 11.5 Å². The van der Waals surface area contributed by atoms with Crippen LogP contribution in [0.3, 0.4) is 0 Å².